The topological polar surface area (TPSA) is 123 Å². The van der Waals surface area contributed by atoms with Crippen LogP contribution in [0.25, 0.3) is 11.0 Å². The molecule has 2 bridgehead atoms. The average Bonchev–Trinajstić information content (AvgIpc) is 3.79. The highest BCUT2D eigenvalue weighted by molar-refractivity contribution is 6.32. The molecular formula is C33H38ClF3N6O5. The number of aromatic hydroxyl groups is 1. The van der Waals surface area contributed by atoms with Gasteiger partial charge in [-0.1, -0.05) is 23.7 Å². The van der Waals surface area contributed by atoms with Gasteiger partial charge in [0.25, 0.3) is 5.91 Å². The number of phenols is 1. The number of nitrogens with zero attached hydrogens (tertiary/aromatic N) is 4. The summed E-state index contributed by atoms with van der Waals surface area (Å²) in [5, 5.41) is 13.0. The van der Waals surface area contributed by atoms with Crippen molar-refractivity contribution in [2.45, 2.75) is 75.0 Å². The van der Waals surface area contributed by atoms with Crippen molar-refractivity contribution in [1.29, 1.82) is 0 Å². The zero-order valence-electron chi connectivity index (χ0n) is 26.2. The first-order chi connectivity index (χ1) is 23.0. The minimum Gasteiger partial charge on any atom is -0.506 e. The van der Waals surface area contributed by atoms with Gasteiger partial charge in [-0.15, -0.1) is 0 Å². The van der Waals surface area contributed by atoms with E-state index < -0.39 is 40.6 Å². The maximum absolute atomic E-state index is 13.9. The number of carbonyl (C=O) groups excluding carboxylic acids is 2. The number of fused-ring (bicyclic) bond motifs is 3. The first-order valence-corrected chi connectivity index (χ1v) is 16.9. The fourth-order valence-electron chi connectivity index (χ4n) is 7.98. The van der Waals surface area contributed by atoms with Gasteiger partial charge in [0.1, 0.15) is 5.75 Å². The molecule has 0 spiro atoms. The second-order valence-electron chi connectivity index (χ2n) is 13.3. The summed E-state index contributed by atoms with van der Waals surface area (Å²) in [4.78, 5) is 48.6. The van der Waals surface area contributed by atoms with Gasteiger partial charge >= 0.3 is 18.0 Å². The van der Waals surface area contributed by atoms with E-state index in [0.29, 0.717) is 44.1 Å². The van der Waals surface area contributed by atoms with E-state index in [4.69, 9.17) is 16.3 Å². The highest BCUT2D eigenvalue weighted by Crippen LogP contribution is 2.41. The van der Waals surface area contributed by atoms with Crippen molar-refractivity contribution in [3.8, 4) is 5.75 Å². The summed E-state index contributed by atoms with van der Waals surface area (Å²) in [6.07, 6.45) is -3.83. The number of aromatic amines is 1. The Kier molecular flexibility index (Phi) is 8.84. The summed E-state index contributed by atoms with van der Waals surface area (Å²) in [7, 11) is 0. The van der Waals surface area contributed by atoms with Gasteiger partial charge in [-0.05, 0) is 61.9 Å². The highest BCUT2D eigenvalue weighted by atomic mass is 35.5. The third kappa shape index (κ3) is 6.37. The second-order valence-corrected chi connectivity index (χ2v) is 13.7. The van der Waals surface area contributed by atoms with E-state index >= 15 is 0 Å². The molecule has 3 aromatic rings. The Labute approximate surface area is 279 Å². The molecule has 1 aromatic heterocycles. The molecule has 4 saturated heterocycles. The largest absolute Gasteiger partial charge is 0.506 e. The number of halogens is 4. The van der Waals surface area contributed by atoms with Crippen LogP contribution < -0.4 is 11.0 Å². The normalized spacial score (nSPS) is 23.2. The Morgan fingerprint density at radius 1 is 1.00 bits per heavy atom. The van der Waals surface area contributed by atoms with Gasteiger partial charge < -0.3 is 29.9 Å². The van der Waals surface area contributed by atoms with Crippen molar-refractivity contribution in [2.75, 3.05) is 39.3 Å². The van der Waals surface area contributed by atoms with Gasteiger partial charge in [0, 0.05) is 69.9 Å². The Morgan fingerprint density at radius 2 is 1.69 bits per heavy atom. The molecule has 5 heterocycles. The number of benzene rings is 2. The van der Waals surface area contributed by atoms with Crippen LogP contribution in [-0.4, -0.2) is 105 Å². The number of imidazole rings is 1. The molecule has 2 aromatic carbocycles. The number of ether oxygens (including phenoxy) is 1. The summed E-state index contributed by atoms with van der Waals surface area (Å²) in [6, 6.07) is 10.5. The van der Waals surface area contributed by atoms with Crippen molar-refractivity contribution in [3.63, 3.8) is 0 Å². The fraction of sp³-hybridized carbons (Fsp3) is 0.545. The molecule has 3 N–H and O–H groups in total. The van der Waals surface area contributed by atoms with E-state index in [-0.39, 0.29) is 36.8 Å². The minimum atomic E-state index is -4.89. The molecular weight excluding hydrogens is 653 g/mol. The molecule has 4 aliphatic heterocycles. The van der Waals surface area contributed by atoms with Crippen molar-refractivity contribution in [3.05, 3.63) is 63.0 Å². The number of aromatic nitrogens is 2. The van der Waals surface area contributed by atoms with Crippen molar-refractivity contribution in [2.24, 2.45) is 0 Å². The molecule has 0 aliphatic carbocycles. The van der Waals surface area contributed by atoms with Crippen molar-refractivity contribution in [1.82, 2.24) is 29.6 Å². The molecule has 4 fully saturated rings. The predicted octanol–water partition coefficient (Wildman–Crippen LogP) is 4.13. The van der Waals surface area contributed by atoms with Gasteiger partial charge in [0.05, 0.1) is 21.6 Å². The SMILES string of the molecule is O=C(O[C@H](Cc1cc(Cl)c(O)c(C(F)(F)F)c1)C(=O)N1CCC(N2CC3CC2CN3)CC1)N1CCC(n2c(=O)[nH]c3ccccc32)CC1. The van der Waals surface area contributed by atoms with Gasteiger partial charge in [0.2, 0.25) is 0 Å². The number of piperazine rings is 1. The second kappa shape index (κ2) is 12.9. The van der Waals surface area contributed by atoms with Crippen molar-refractivity contribution < 1.29 is 32.6 Å². The highest BCUT2D eigenvalue weighted by Gasteiger charge is 2.43. The van der Waals surface area contributed by atoms with Crippen LogP contribution in [-0.2, 0) is 22.1 Å². The van der Waals surface area contributed by atoms with Crippen LogP contribution in [0.1, 0.15) is 49.3 Å². The molecule has 0 radical (unpaired) electrons. The summed E-state index contributed by atoms with van der Waals surface area (Å²) in [5.41, 5.74) is -0.0529. The number of hydrogen-bond acceptors (Lipinski definition) is 7. The minimum absolute atomic E-state index is 0.00386. The lowest BCUT2D eigenvalue weighted by Gasteiger charge is -2.41. The first-order valence-electron chi connectivity index (χ1n) is 16.5. The maximum atomic E-state index is 13.9. The molecule has 0 saturated carbocycles. The Morgan fingerprint density at radius 3 is 2.35 bits per heavy atom. The van der Waals surface area contributed by atoms with Gasteiger partial charge in [-0.3, -0.25) is 14.3 Å². The Bertz CT molecular complexity index is 1750. The number of amides is 2. The number of carbonyl (C=O) groups is 2. The van der Waals surface area contributed by atoms with Gasteiger partial charge in [-0.25, -0.2) is 9.59 Å². The zero-order valence-corrected chi connectivity index (χ0v) is 27.0. The van der Waals surface area contributed by atoms with Gasteiger partial charge in [-0.2, -0.15) is 13.2 Å². The number of piperidine rings is 2. The maximum Gasteiger partial charge on any atom is 0.420 e. The lowest BCUT2D eigenvalue weighted by atomic mass is 9.99. The molecule has 11 nitrogen and oxygen atoms in total. The number of H-pyrrole nitrogens is 1. The quantitative estimate of drug-likeness (QED) is 0.356. The predicted molar refractivity (Wildman–Crippen MR) is 171 cm³/mol. The third-order valence-corrected chi connectivity index (χ3v) is 10.7. The van der Waals surface area contributed by atoms with Crippen LogP contribution in [0.4, 0.5) is 18.0 Å². The van der Waals surface area contributed by atoms with Crippen LogP contribution in [0.3, 0.4) is 0 Å². The molecule has 2 unspecified atom stereocenters. The molecule has 3 atom stereocenters. The van der Waals surface area contributed by atoms with Crippen molar-refractivity contribution >= 4 is 34.6 Å². The Hall–Kier alpha value is -3.75. The summed E-state index contributed by atoms with van der Waals surface area (Å²) in [5.74, 6) is -1.58. The number of rotatable bonds is 6. The van der Waals surface area contributed by atoms with Crippen LogP contribution in [0.2, 0.25) is 5.02 Å². The van der Waals surface area contributed by atoms with E-state index in [1.165, 1.54) is 4.90 Å². The molecule has 2 amide bonds. The van der Waals surface area contributed by atoms with E-state index in [2.05, 4.69) is 15.2 Å². The monoisotopic (exact) mass is 690 g/mol. The number of alkyl halides is 3. The van der Waals surface area contributed by atoms with Crippen LogP contribution >= 0.6 is 11.6 Å². The number of likely N-dealkylation sites (tertiary alicyclic amines) is 3. The number of nitrogens with one attached hydrogen (secondary N) is 2. The number of phenolic OH excluding ortho intramolecular Hbond substituents is 1. The molecule has 4 aliphatic rings. The lowest BCUT2D eigenvalue weighted by Crippen LogP contribution is -2.54. The van der Waals surface area contributed by atoms with Crippen LogP contribution in [0, 0.1) is 0 Å². The standard InChI is InChI=1S/C33H38ClF3N6O5/c34-25-14-19(13-24(29(25)44)33(35,36)37)15-28(30(45)40-9-5-21(6-10-40)42-18-20-16-23(42)17-38-20)48-32(47)41-11-7-22(8-12-41)43-27-4-2-1-3-26(27)39-31(43)46/h1-4,13-14,20-23,28,38,44H,5-12,15-18H2,(H,39,46)/t20?,23?,28-/m1/s1. The summed E-state index contributed by atoms with van der Waals surface area (Å²) >= 11 is 5.98. The molecule has 258 valence electrons. The lowest BCUT2D eigenvalue weighted by molar-refractivity contribution is -0.142. The van der Waals surface area contributed by atoms with E-state index in [1.54, 1.807) is 9.47 Å². The molecule has 7 rings (SSSR count). The fourth-order valence-corrected chi connectivity index (χ4v) is 8.23. The third-order valence-electron chi connectivity index (χ3n) is 10.4. The van der Waals surface area contributed by atoms with E-state index in [0.717, 1.165) is 55.5 Å². The molecule has 48 heavy (non-hydrogen) atoms. The number of para-hydroxylation sites is 2. The summed E-state index contributed by atoms with van der Waals surface area (Å²) < 4.78 is 48.6. The Balaban J connectivity index is 1.05. The zero-order chi connectivity index (χ0) is 33.7. The van der Waals surface area contributed by atoms with E-state index in [1.807, 2.05) is 24.3 Å². The van der Waals surface area contributed by atoms with Gasteiger partial charge in [0.15, 0.2) is 6.10 Å². The first kappa shape index (κ1) is 32.8. The number of hydrogen-bond donors (Lipinski definition) is 3. The smallest absolute Gasteiger partial charge is 0.420 e. The summed E-state index contributed by atoms with van der Waals surface area (Å²) in [6.45, 7) is 3.35. The molecule has 15 heteroatoms. The van der Waals surface area contributed by atoms with Crippen LogP contribution in [0.15, 0.2) is 41.2 Å². The van der Waals surface area contributed by atoms with Crippen LogP contribution in [0.5, 0.6) is 5.75 Å². The average molecular weight is 691 g/mol. The van der Waals surface area contributed by atoms with E-state index in [9.17, 15) is 32.7 Å².